The third-order valence-corrected chi connectivity index (χ3v) is 4.99. The summed E-state index contributed by atoms with van der Waals surface area (Å²) in [6, 6.07) is 36.7. The Labute approximate surface area is 184 Å². The lowest BCUT2D eigenvalue weighted by atomic mass is 10.1. The molecule has 0 atom stereocenters. The minimum atomic E-state index is 0.826. The van der Waals surface area contributed by atoms with E-state index in [2.05, 4.69) is 58.2 Å². The molecule has 0 aliphatic rings. The molecule has 0 N–H and O–H groups in total. The molecule has 0 aliphatic heterocycles. The van der Waals surface area contributed by atoms with Crippen LogP contribution in [0.4, 0.5) is 22.7 Å². The maximum Gasteiger partial charge on any atom is 0.0629 e. The molecule has 0 spiro atoms. The van der Waals surface area contributed by atoms with Crippen molar-refractivity contribution < 1.29 is 0 Å². The van der Waals surface area contributed by atoms with Crippen molar-refractivity contribution in [2.24, 2.45) is 9.98 Å². The molecule has 4 aromatic rings. The standard InChI is InChI=1S/C28H25N3/c1-2-31(27-19-11-9-13-23(27)21-29-25-15-5-3-6-16-25)28-20-12-10-14-24(28)22-30-26-17-7-4-8-18-26/h3-22H,2H2,1H3. The van der Waals surface area contributed by atoms with E-state index >= 15 is 0 Å². The van der Waals surface area contributed by atoms with Gasteiger partial charge in [-0.2, -0.15) is 0 Å². The SMILES string of the molecule is CCN(c1ccccc1C=Nc1ccccc1)c1ccccc1C=Nc1ccccc1. The molecule has 0 radical (unpaired) electrons. The fraction of sp³-hybridized carbons (Fsp3) is 0.0714. The summed E-state index contributed by atoms with van der Waals surface area (Å²) in [5, 5.41) is 0. The molecule has 0 aromatic heterocycles. The topological polar surface area (TPSA) is 28.0 Å². The zero-order valence-electron chi connectivity index (χ0n) is 17.6. The van der Waals surface area contributed by atoms with E-state index in [9.17, 15) is 0 Å². The quantitative estimate of drug-likeness (QED) is 0.297. The molecule has 4 rings (SSSR count). The summed E-state index contributed by atoms with van der Waals surface area (Å²) < 4.78 is 0. The Kier molecular flexibility index (Phi) is 6.66. The minimum absolute atomic E-state index is 0.826. The average molecular weight is 404 g/mol. The molecule has 31 heavy (non-hydrogen) atoms. The van der Waals surface area contributed by atoms with Crippen LogP contribution in [0.15, 0.2) is 119 Å². The molecule has 0 saturated carbocycles. The average Bonchev–Trinajstić information content (AvgIpc) is 2.84. The van der Waals surface area contributed by atoms with Crippen molar-refractivity contribution in [3.8, 4) is 0 Å². The molecule has 3 heteroatoms. The monoisotopic (exact) mass is 403 g/mol. The Hall–Kier alpha value is -3.98. The Morgan fingerprint density at radius 3 is 1.35 bits per heavy atom. The largest absolute Gasteiger partial charge is 0.341 e. The first kappa shape index (κ1) is 20.3. The third kappa shape index (κ3) is 5.14. The summed E-state index contributed by atoms with van der Waals surface area (Å²) >= 11 is 0. The Balaban J connectivity index is 1.69. The molecule has 152 valence electrons. The molecule has 0 saturated heterocycles. The maximum atomic E-state index is 4.67. The van der Waals surface area contributed by atoms with Crippen molar-refractivity contribution in [3.05, 3.63) is 120 Å². The van der Waals surface area contributed by atoms with Crippen LogP contribution in [0.5, 0.6) is 0 Å². The van der Waals surface area contributed by atoms with Crippen LogP contribution in [-0.2, 0) is 0 Å². The Bertz CT molecular complexity index is 1070. The third-order valence-electron chi connectivity index (χ3n) is 4.99. The van der Waals surface area contributed by atoms with E-state index in [4.69, 9.17) is 0 Å². The van der Waals surface area contributed by atoms with Gasteiger partial charge in [0.05, 0.1) is 11.4 Å². The Morgan fingerprint density at radius 1 is 0.548 bits per heavy atom. The molecule has 0 fully saturated rings. The Morgan fingerprint density at radius 2 is 0.935 bits per heavy atom. The number of hydrogen-bond acceptors (Lipinski definition) is 3. The number of rotatable bonds is 7. The molecule has 0 unspecified atom stereocenters. The van der Waals surface area contributed by atoms with E-state index in [-0.39, 0.29) is 0 Å². The van der Waals surface area contributed by atoms with Gasteiger partial charge in [-0.1, -0.05) is 72.8 Å². The van der Waals surface area contributed by atoms with Crippen molar-refractivity contribution >= 4 is 35.2 Å². The van der Waals surface area contributed by atoms with Gasteiger partial charge in [-0.15, -0.1) is 0 Å². The van der Waals surface area contributed by atoms with Crippen LogP contribution in [0.1, 0.15) is 18.1 Å². The summed E-state index contributed by atoms with van der Waals surface area (Å²) in [6.07, 6.45) is 3.88. The number of benzene rings is 4. The van der Waals surface area contributed by atoms with Crippen LogP contribution in [0, 0.1) is 0 Å². The van der Waals surface area contributed by atoms with Crippen LogP contribution in [-0.4, -0.2) is 19.0 Å². The summed E-state index contributed by atoms with van der Waals surface area (Å²) in [6.45, 7) is 2.99. The van der Waals surface area contributed by atoms with E-state index in [1.165, 1.54) is 0 Å². The predicted molar refractivity (Wildman–Crippen MR) is 133 cm³/mol. The zero-order chi connectivity index (χ0) is 21.3. The zero-order valence-corrected chi connectivity index (χ0v) is 17.6. The van der Waals surface area contributed by atoms with Gasteiger partial charge < -0.3 is 4.90 Å². The number of anilines is 2. The van der Waals surface area contributed by atoms with Crippen LogP contribution in [0.25, 0.3) is 0 Å². The minimum Gasteiger partial charge on any atom is -0.341 e. The lowest BCUT2D eigenvalue weighted by molar-refractivity contribution is 1.02. The van der Waals surface area contributed by atoms with Crippen molar-refractivity contribution in [1.29, 1.82) is 0 Å². The molecule has 3 nitrogen and oxygen atoms in total. The lowest BCUT2D eigenvalue weighted by Gasteiger charge is -2.26. The second-order valence-electron chi connectivity index (χ2n) is 7.05. The van der Waals surface area contributed by atoms with Gasteiger partial charge in [0.1, 0.15) is 0 Å². The summed E-state index contributed by atoms with van der Waals surface area (Å²) in [7, 11) is 0. The number of nitrogens with zero attached hydrogens (tertiary/aromatic N) is 3. The van der Waals surface area contributed by atoms with Gasteiger partial charge in [-0.25, -0.2) is 0 Å². The summed E-state index contributed by atoms with van der Waals surface area (Å²) in [5.41, 5.74) is 6.26. The van der Waals surface area contributed by atoms with Crippen molar-refractivity contribution in [3.63, 3.8) is 0 Å². The maximum absolute atomic E-state index is 4.67. The fourth-order valence-electron chi connectivity index (χ4n) is 3.47. The highest BCUT2D eigenvalue weighted by Gasteiger charge is 2.13. The molecular weight excluding hydrogens is 378 g/mol. The van der Waals surface area contributed by atoms with E-state index in [1.807, 2.05) is 85.2 Å². The van der Waals surface area contributed by atoms with Crippen LogP contribution >= 0.6 is 0 Å². The molecule has 4 aromatic carbocycles. The van der Waals surface area contributed by atoms with Gasteiger partial charge in [0.15, 0.2) is 0 Å². The summed E-state index contributed by atoms with van der Waals surface area (Å²) in [4.78, 5) is 11.6. The molecule has 0 heterocycles. The molecule has 0 bridgehead atoms. The second-order valence-corrected chi connectivity index (χ2v) is 7.05. The smallest absolute Gasteiger partial charge is 0.0629 e. The number of hydrogen-bond donors (Lipinski definition) is 0. The highest BCUT2D eigenvalue weighted by atomic mass is 15.1. The van der Waals surface area contributed by atoms with Crippen molar-refractivity contribution in [1.82, 2.24) is 0 Å². The van der Waals surface area contributed by atoms with Crippen molar-refractivity contribution in [2.45, 2.75) is 6.92 Å². The number of para-hydroxylation sites is 4. The van der Waals surface area contributed by atoms with Gasteiger partial charge >= 0.3 is 0 Å². The van der Waals surface area contributed by atoms with E-state index in [0.717, 1.165) is 40.4 Å². The van der Waals surface area contributed by atoms with E-state index in [0.29, 0.717) is 0 Å². The second kappa shape index (κ2) is 10.2. The normalized spacial score (nSPS) is 11.3. The van der Waals surface area contributed by atoms with Gasteiger partial charge in [-0.3, -0.25) is 9.98 Å². The molecule has 0 amide bonds. The summed E-state index contributed by atoms with van der Waals surface area (Å²) in [5.74, 6) is 0. The first-order chi connectivity index (χ1) is 15.3. The molecule has 0 aliphatic carbocycles. The predicted octanol–water partition coefficient (Wildman–Crippen LogP) is 7.35. The van der Waals surface area contributed by atoms with Gasteiger partial charge in [0, 0.05) is 41.5 Å². The first-order valence-electron chi connectivity index (χ1n) is 10.5. The van der Waals surface area contributed by atoms with Crippen LogP contribution in [0.2, 0.25) is 0 Å². The fourth-order valence-corrected chi connectivity index (χ4v) is 3.47. The number of aliphatic imine (C=N–C) groups is 2. The van der Waals surface area contributed by atoms with E-state index < -0.39 is 0 Å². The lowest BCUT2D eigenvalue weighted by Crippen LogP contribution is -2.19. The van der Waals surface area contributed by atoms with Gasteiger partial charge in [0.25, 0.3) is 0 Å². The van der Waals surface area contributed by atoms with Gasteiger partial charge in [-0.05, 0) is 43.3 Å². The first-order valence-corrected chi connectivity index (χ1v) is 10.5. The van der Waals surface area contributed by atoms with Crippen LogP contribution < -0.4 is 4.90 Å². The van der Waals surface area contributed by atoms with Crippen molar-refractivity contribution in [2.75, 3.05) is 11.4 Å². The van der Waals surface area contributed by atoms with Crippen LogP contribution in [0.3, 0.4) is 0 Å². The van der Waals surface area contributed by atoms with E-state index in [1.54, 1.807) is 0 Å². The highest BCUT2D eigenvalue weighted by molar-refractivity contribution is 5.95. The molecular formula is C28H25N3. The highest BCUT2D eigenvalue weighted by Crippen LogP contribution is 2.30. The van der Waals surface area contributed by atoms with Gasteiger partial charge in [0.2, 0.25) is 0 Å².